The SMILES string of the molecule is OCC1(CNCc2cccc3c2OCO3)CC1. The molecule has 1 aliphatic heterocycles. The zero-order valence-corrected chi connectivity index (χ0v) is 9.74. The highest BCUT2D eigenvalue weighted by Gasteiger charge is 2.41. The second kappa shape index (κ2) is 4.20. The molecule has 4 nitrogen and oxygen atoms in total. The van der Waals surface area contributed by atoms with Gasteiger partial charge in [-0.05, 0) is 18.9 Å². The lowest BCUT2D eigenvalue weighted by atomic mass is 10.1. The van der Waals surface area contributed by atoms with Crippen molar-refractivity contribution in [3.63, 3.8) is 0 Å². The van der Waals surface area contributed by atoms with Crippen LogP contribution < -0.4 is 14.8 Å². The zero-order chi connectivity index (χ0) is 11.7. The van der Waals surface area contributed by atoms with Gasteiger partial charge >= 0.3 is 0 Å². The number of hydrogen-bond donors (Lipinski definition) is 2. The van der Waals surface area contributed by atoms with E-state index in [4.69, 9.17) is 9.47 Å². The highest BCUT2D eigenvalue weighted by atomic mass is 16.7. The molecule has 4 heteroatoms. The number of para-hydroxylation sites is 1. The summed E-state index contributed by atoms with van der Waals surface area (Å²) in [6, 6.07) is 5.93. The second-order valence-corrected chi connectivity index (χ2v) is 4.91. The van der Waals surface area contributed by atoms with Gasteiger partial charge in [0.1, 0.15) is 0 Å². The van der Waals surface area contributed by atoms with Crippen molar-refractivity contribution in [2.45, 2.75) is 19.4 Å². The van der Waals surface area contributed by atoms with Crippen LogP contribution in [0, 0.1) is 5.41 Å². The number of nitrogens with one attached hydrogen (secondary N) is 1. The van der Waals surface area contributed by atoms with Crippen molar-refractivity contribution in [2.24, 2.45) is 5.41 Å². The summed E-state index contributed by atoms with van der Waals surface area (Å²) in [7, 11) is 0. The Kier molecular flexibility index (Phi) is 2.68. The van der Waals surface area contributed by atoms with Crippen molar-refractivity contribution < 1.29 is 14.6 Å². The molecule has 0 spiro atoms. The number of aliphatic hydroxyl groups excluding tert-OH is 1. The summed E-state index contributed by atoms with van der Waals surface area (Å²) in [5.74, 6) is 1.68. The Labute approximate surface area is 101 Å². The molecule has 0 saturated heterocycles. The van der Waals surface area contributed by atoms with Crippen LogP contribution in [-0.2, 0) is 6.54 Å². The largest absolute Gasteiger partial charge is 0.454 e. The Hall–Kier alpha value is -1.26. The standard InChI is InChI=1S/C13H17NO3/c15-8-13(4-5-13)7-14-6-10-2-1-3-11-12(10)17-9-16-11/h1-3,14-15H,4-9H2. The summed E-state index contributed by atoms with van der Waals surface area (Å²) in [5, 5.41) is 12.6. The Morgan fingerprint density at radius 2 is 2.18 bits per heavy atom. The summed E-state index contributed by atoms with van der Waals surface area (Å²) < 4.78 is 10.8. The van der Waals surface area contributed by atoms with Crippen LogP contribution in [0.1, 0.15) is 18.4 Å². The van der Waals surface area contributed by atoms with Gasteiger partial charge in [-0.25, -0.2) is 0 Å². The third kappa shape index (κ3) is 2.10. The summed E-state index contributed by atoms with van der Waals surface area (Å²) >= 11 is 0. The molecule has 0 amide bonds. The van der Waals surface area contributed by atoms with Crippen molar-refractivity contribution in [1.82, 2.24) is 5.32 Å². The Morgan fingerprint density at radius 1 is 1.29 bits per heavy atom. The van der Waals surface area contributed by atoms with Crippen LogP contribution in [0.25, 0.3) is 0 Å². The Bertz CT molecular complexity index is 415. The fourth-order valence-corrected chi connectivity index (χ4v) is 2.16. The maximum absolute atomic E-state index is 9.22. The number of hydrogen-bond acceptors (Lipinski definition) is 4. The first-order valence-electron chi connectivity index (χ1n) is 6.02. The van der Waals surface area contributed by atoms with Gasteiger partial charge in [-0.15, -0.1) is 0 Å². The molecule has 1 heterocycles. The van der Waals surface area contributed by atoms with E-state index >= 15 is 0 Å². The topological polar surface area (TPSA) is 50.7 Å². The average Bonchev–Trinajstić information content (AvgIpc) is 2.97. The van der Waals surface area contributed by atoms with Crippen molar-refractivity contribution in [3.05, 3.63) is 23.8 Å². The molecule has 3 rings (SSSR count). The molecule has 17 heavy (non-hydrogen) atoms. The maximum atomic E-state index is 9.22. The van der Waals surface area contributed by atoms with Gasteiger partial charge in [0.05, 0.1) is 0 Å². The first kappa shape index (κ1) is 10.9. The van der Waals surface area contributed by atoms with E-state index in [2.05, 4.69) is 5.32 Å². The minimum atomic E-state index is 0.148. The van der Waals surface area contributed by atoms with E-state index in [-0.39, 0.29) is 12.0 Å². The van der Waals surface area contributed by atoms with E-state index < -0.39 is 0 Å². The predicted molar refractivity (Wildman–Crippen MR) is 63.0 cm³/mol. The zero-order valence-electron chi connectivity index (χ0n) is 9.74. The minimum absolute atomic E-state index is 0.148. The molecule has 2 N–H and O–H groups in total. The summed E-state index contributed by atoms with van der Waals surface area (Å²) in [4.78, 5) is 0. The fraction of sp³-hybridized carbons (Fsp3) is 0.538. The van der Waals surface area contributed by atoms with Crippen LogP contribution in [0.2, 0.25) is 0 Å². The molecule has 0 aromatic heterocycles. The molecule has 0 bridgehead atoms. The lowest BCUT2D eigenvalue weighted by molar-refractivity contribution is 0.173. The van der Waals surface area contributed by atoms with E-state index in [0.29, 0.717) is 6.79 Å². The fourth-order valence-electron chi connectivity index (χ4n) is 2.16. The van der Waals surface area contributed by atoms with Crippen molar-refractivity contribution in [2.75, 3.05) is 19.9 Å². The van der Waals surface area contributed by atoms with E-state index in [1.165, 1.54) is 0 Å². The van der Waals surface area contributed by atoms with Crippen LogP contribution in [0.3, 0.4) is 0 Å². The van der Waals surface area contributed by atoms with Gasteiger partial charge in [0.25, 0.3) is 0 Å². The number of benzene rings is 1. The van der Waals surface area contributed by atoms with Gasteiger partial charge in [-0.1, -0.05) is 12.1 Å². The lowest BCUT2D eigenvalue weighted by Crippen LogP contribution is -2.26. The molecule has 0 atom stereocenters. The van der Waals surface area contributed by atoms with Gasteiger partial charge in [0.2, 0.25) is 6.79 Å². The first-order valence-corrected chi connectivity index (χ1v) is 6.02. The third-order valence-corrected chi connectivity index (χ3v) is 3.59. The van der Waals surface area contributed by atoms with E-state index in [0.717, 1.165) is 43.0 Å². The van der Waals surface area contributed by atoms with Gasteiger partial charge < -0.3 is 19.9 Å². The van der Waals surface area contributed by atoms with Gasteiger partial charge in [0.15, 0.2) is 11.5 Å². The maximum Gasteiger partial charge on any atom is 0.231 e. The Morgan fingerprint density at radius 3 is 2.94 bits per heavy atom. The summed E-state index contributed by atoms with van der Waals surface area (Å²) in [6.07, 6.45) is 2.26. The molecule has 1 fully saturated rings. The second-order valence-electron chi connectivity index (χ2n) is 4.91. The highest BCUT2D eigenvalue weighted by molar-refractivity contribution is 5.48. The number of rotatable bonds is 5. The van der Waals surface area contributed by atoms with Crippen LogP contribution in [0.15, 0.2) is 18.2 Å². The van der Waals surface area contributed by atoms with E-state index in [1.807, 2.05) is 18.2 Å². The van der Waals surface area contributed by atoms with E-state index in [9.17, 15) is 5.11 Å². The molecule has 1 aromatic rings. The molecule has 1 saturated carbocycles. The molecule has 0 unspecified atom stereocenters. The molecule has 0 radical (unpaired) electrons. The molecule has 1 aliphatic carbocycles. The Balaban J connectivity index is 1.60. The quantitative estimate of drug-likeness (QED) is 0.807. The smallest absolute Gasteiger partial charge is 0.231 e. The van der Waals surface area contributed by atoms with Crippen molar-refractivity contribution >= 4 is 0 Å². The molecule has 1 aromatic carbocycles. The first-order chi connectivity index (χ1) is 8.33. The number of fused-ring (bicyclic) bond motifs is 1. The molecular weight excluding hydrogens is 218 g/mol. The van der Waals surface area contributed by atoms with Crippen LogP contribution in [0.4, 0.5) is 0 Å². The predicted octanol–water partition coefficient (Wildman–Crippen LogP) is 1.28. The van der Waals surface area contributed by atoms with E-state index in [1.54, 1.807) is 0 Å². The van der Waals surface area contributed by atoms with Crippen LogP contribution in [-0.4, -0.2) is 25.1 Å². The normalized spacial score (nSPS) is 19.4. The molecular formula is C13H17NO3. The number of ether oxygens (including phenoxy) is 2. The van der Waals surface area contributed by atoms with Gasteiger partial charge in [0, 0.05) is 30.7 Å². The molecule has 2 aliphatic rings. The number of aliphatic hydroxyl groups is 1. The molecule has 92 valence electrons. The highest BCUT2D eigenvalue weighted by Crippen LogP contribution is 2.44. The van der Waals surface area contributed by atoms with Gasteiger partial charge in [-0.2, -0.15) is 0 Å². The lowest BCUT2D eigenvalue weighted by Gasteiger charge is -2.13. The summed E-state index contributed by atoms with van der Waals surface area (Å²) in [5.41, 5.74) is 1.27. The van der Waals surface area contributed by atoms with Crippen LogP contribution in [0.5, 0.6) is 11.5 Å². The minimum Gasteiger partial charge on any atom is -0.454 e. The van der Waals surface area contributed by atoms with Crippen molar-refractivity contribution in [3.8, 4) is 11.5 Å². The third-order valence-electron chi connectivity index (χ3n) is 3.59. The van der Waals surface area contributed by atoms with Crippen molar-refractivity contribution in [1.29, 1.82) is 0 Å². The van der Waals surface area contributed by atoms with Gasteiger partial charge in [-0.3, -0.25) is 0 Å². The average molecular weight is 235 g/mol. The summed E-state index contributed by atoms with van der Waals surface area (Å²) in [6.45, 7) is 2.22. The van der Waals surface area contributed by atoms with Crippen LogP contribution >= 0.6 is 0 Å². The monoisotopic (exact) mass is 235 g/mol.